The summed E-state index contributed by atoms with van der Waals surface area (Å²) >= 11 is 5.80. The zero-order valence-electron chi connectivity index (χ0n) is 12.8. The van der Waals surface area contributed by atoms with Crippen LogP contribution in [-0.4, -0.2) is 20.9 Å². The molecule has 0 unspecified atom stereocenters. The standard InChI is InChI=1S/C16H17ClN2O3S/c1-3-18-23(21,22)14-9-4-11(2)15(10-14)16(20)19-13-7-5-12(17)6-8-13/h4-10,18H,3H2,1-2H3,(H,19,20). The molecule has 2 N–H and O–H groups in total. The summed E-state index contributed by atoms with van der Waals surface area (Å²) in [6.07, 6.45) is 0. The SMILES string of the molecule is CCNS(=O)(=O)c1ccc(C)c(C(=O)Nc2ccc(Cl)cc2)c1. The van der Waals surface area contributed by atoms with Gasteiger partial charge in [0.1, 0.15) is 0 Å². The summed E-state index contributed by atoms with van der Waals surface area (Å²) in [6.45, 7) is 3.73. The van der Waals surface area contributed by atoms with Gasteiger partial charge in [-0.1, -0.05) is 24.6 Å². The van der Waals surface area contributed by atoms with E-state index >= 15 is 0 Å². The first-order valence-electron chi connectivity index (χ1n) is 7.00. The maximum atomic E-state index is 12.4. The van der Waals surface area contributed by atoms with Crippen LogP contribution in [0.25, 0.3) is 0 Å². The summed E-state index contributed by atoms with van der Waals surface area (Å²) in [7, 11) is -3.61. The van der Waals surface area contributed by atoms with Crippen LogP contribution in [0.1, 0.15) is 22.8 Å². The zero-order chi connectivity index (χ0) is 17.0. The molecule has 1 amide bonds. The van der Waals surface area contributed by atoms with Gasteiger partial charge in [0.25, 0.3) is 5.91 Å². The van der Waals surface area contributed by atoms with Crippen LogP contribution in [0.15, 0.2) is 47.4 Å². The number of rotatable bonds is 5. The van der Waals surface area contributed by atoms with E-state index in [0.717, 1.165) is 0 Å². The fraction of sp³-hybridized carbons (Fsp3) is 0.188. The number of nitrogens with one attached hydrogen (secondary N) is 2. The molecule has 0 aliphatic heterocycles. The van der Waals surface area contributed by atoms with Gasteiger partial charge in [0.15, 0.2) is 0 Å². The molecule has 0 bridgehead atoms. The van der Waals surface area contributed by atoms with Gasteiger partial charge < -0.3 is 5.32 Å². The Labute approximate surface area is 140 Å². The zero-order valence-corrected chi connectivity index (χ0v) is 14.3. The number of aryl methyl sites for hydroxylation is 1. The third kappa shape index (κ3) is 4.31. The third-order valence-corrected chi connectivity index (χ3v) is 5.00. The molecule has 0 aliphatic rings. The Balaban J connectivity index is 2.31. The summed E-state index contributed by atoms with van der Waals surface area (Å²) in [5.74, 6) is -0.377. The molecule has 0 saturated carbocycles. The molecule has 0 fully saturated rings. The highest BCUT2D eigenvalue weighted by Gasteiger charge is 2.17. The largest absolute Gasteiger partial charge is 0.322 e. The van der Waals surface area contributed by atoms with E-state index in [2.05, 4.69) is 10.0 Å². The Morgan fingerprint density at radius 1 is 1.13 bits per heavy atom. The second-order valence-corrected chi connectivity index (χ2v) is 7.14. The van der Waals surface area contributed by atoms with Crippen molar-refractivity contribution >= 4 is 33.2 Å². The Morgan fingerprint density at radius 2 is 1.78 bits per heavy atom. The number of amides is 1. The van der Waals surface area contributed by atoms with E-state index in [1.807, 2.05) is 0 Å². The molecule has 0 heterocycles. The number of anilines is 1. The van der Waals surface area contributed by atoms with Gasteiger partial charge in [-0.25, -0.2) is 13.1 Å². The number of carbonyl (C=O) groups excluding carboxylic acids is 1. The summed E-state index contributed by atoms with van der Waals surface area (Å²) in [5, 5.41) is 3.29. The van der Waals surface area contributed by atoms with Crippen LogP contribution in [0, 0.1) is 6.92 Å². The molecule has 0 atom stereocenters. The predicted octanol–water partition coefficient (Wildman–Crippen LogP) is 3.20. The summed E-state index contributed by atoms with van der Waals surface area (Å²) in [5.41, 5.74) is 1.57. The summed E-state index contributed by atoms with van der Waals surface area (Å²) < 4.78 is 26.5. The topological polar surface area (TPSA) is 75.3 Å². The molecule has 0 aliphatic carbocycles. The molecule has 7 heteroatoms. The monoisotopic (exact) mass is 352 g/mol. The van der Waals surface area contributed by atoms with Crippen LogP contribution in [0.2, 0.25) is 5.02 Å². The number of halogens is 1. The molecule has 2 rings (SSSR count). The Morgan fingerprint density at radius 3 is 2.39 bits per heavy atom. The van der Waals surface area contributed by atoms with Gasteiger partial charge >= 0.3 is 0 Å². The van der Waals surface area contributed by atoms with Crippen molar-refractivity contribution in [3.8, 4) is 0 Å². The summed E-state index contributed by atoms with van der Waals surface area (Å²) in [4.78, 5) is 12.5. The lowest BCUT2D eigenvalue weighted by Crippen LogP contribution is -2.24. The maximum absolute atomic E-state index is 12.4. The van der Waals surface area contributed by atoms with E-state index in [1.54, 1.807) is 44.2 Å². The average molecular weight is 353 g/mol. The van der Waals surface area contributed by atoms with Gasteiger partial charge in [-0.3, -0.25) is 4.79 Å². The fourth-order valence-corrected chi connectivity index (χ4v) is 3.21. The fourth-order valence-electron chi connectivity index (χ4n) is 2.02. The van der Waals surface area contributed by atoms with Crippen molar-refractivity contribution in [1.29, 1.82) is 0 Å². The van der Waals surface area contributed by atoms with Gasteiger partial charge in [0.05, 0.1) is 4.90 Å². The normalized spacial score (nSPS) is 11.3. The van der Waals surface area contributed by atoms with Gasteiger partial charge in [0, 0.05) is 22.8 Å². The van der Waals surface area contributed by atoms with Crippen molar-refractivity contribution in [3.63, 3.8) is 0 Å². The van der Waals surface area contributed by atoms with Crippen molar-refractivity contribution < 1.29 is 13.2 Å². The van der Waals surface area contributed by atoms with E-state index in [9.17, 15) is 13.2 Å². The second kappa shape index (κ2) is 7.12. The van der Waals surface area contributed by atoms with Crippen LogP contribution in [0.4, 0.5) is 5.69 Å². The maximum Gasteiger partial charge on any atom is 0.255 e. The van der Waals surface area contributed by atoms with Crippen LogP contribution in [0.3, 0.4) is 0 Å². The predicted molar refractivity (Wildman–Crippen MR) is 91.4 cm³/mol. The molecule has 2 aromatic carbocycles. The molecular weight excluding hydrogens is 336 g/mol. The van der Waals surface area contributed by atoms with E-state index in [4.69, 9.17) is 11.6 Å². The molecule has 0 aromatic heterocycles. The smallest absolute Gasteiger partial charge is 0.255 e. The highest BCUT2D eigenvalue weighted by atomic mass is 35.5. The van der Waals surface area contributed by atoms with Crippen LogP contribution in [0.5, 0.6) is 0 Å². The Hall–Kier alpha value is -1.89. The molecule has 2 aromatic rings. The van der Waals surface area contributed by atoms with Gasteiger partial charge in [-0.2, -0.15) is 0 Å². The number of carbonyl (C=O) groups is 1. The first kappa shape index (κ1) is 17.5. The first-order valence-corrected chi connectivity index (χ1v) is 8.87. The molecule has 0 spiro atoms. The van der Waals surface area contributed by atoms with E-state index < -0.39 is 10.0 Å². The highest BCUT2D eigenvalue weighted by Crippen LogP contribution is 2.18. The van der Waals surface area contributed by atoms with Crippen LogP contribution < -0.4 is 10.0 Å². The van der Waals surface area contributed by atoms with Crippen molar-refractivity contribution in [2.45, 2.75) is 18.7 Å². The highest BCUT2D eigenvalue weighted by molar-refractivity contribution is 7.89. The quantitative estimate of drug-likeness (QED) is 0.867. The number of benzene rings is 2. The third-order valence-electron chi connectivity index (χ3n) is 3.20. The molecule has 122 valence electrons. The molecule has 0 saturated heterocycles. The minimum Gasteiger partial charge on any atom is -0.322 e. The number of sulfonamides is 1. The number of hydrogen-bond donors (Lipinski definition) is 2. The Bertz CT molecular complexity index is 818. The lowest BCUT2D eigenvalue weighted by molar-refractivity contribution is 0.102. The minimum absolute atomic E-state index is 0.0613. The number of hydrogen-bond acceptors (Lipinski definition) is 3. The molecular formula is C16H17ClN2O3S. The van der Waals surface area contributed by atoms with Crippen molar-refractivity contribution in [2.75, 3.05) is 11.9 Å². The summed E-state index contributed by atoms with van der Waals surface area (Å²) in [6, 6.07) is 11.1. The van der Waals surface area contributed by atoms with E-state index in [-0.39, 0.29) is 17.3 Å². The lowest BCUT2D eigenvalue weighted by atomic mass is 10.1. The van der Waals surface area contributed by atoms with Gasteiger partial charge in [0.2, 0.25) is 10.0 Å². The lowest BCUT2D eigenvalue weighted by Gasteiger charge is -2.10. The Kier molecular flexibility index (Phi) is 5.41. The molecule has 5 nitrogen and oxygen atoms in total. The van der Waals surface area contributed by atoms with Crippen molar-refractivity contribution in [3.05, 3.63) is 58.6 Å². The van der Waals surface area contributed by atoms with E-state index in [0.29, 0.717) is 21.8 Å². The van der Waals surface area contributed by atoms with Crippen LogP contribution >= 0.6 is 11.6 Å². The van der Waals surface area contributed by atoms with E-state index in [1.165, 1.54) is 12.1 Å². The first-order chi connectivity index (χ1) is 10.8. The second-order valence-electron chi connectivity index (χ2n) is 4.94. The van der Waals surface area contributed by atoms with Gasteiger partial charge in [-0.05, 0) is 48.9 Å². The molecule has 23 heavy (non-hydrogen) atoms. The van der Waals surface area contributed by atoms with Crippen molar-refractivity contribution in [1.82, 2.24) is 4.72 Å². The average Bonchev–Trinajstić information content (AvgIpc) is 2.49. The van der Waals surface area contributed by atoms with Crippen LogP contribution in [-0.2, 0) is 10.0 Å². The van der Waals surface area contributed by atoms with Gasteiger partial charge in [-0.15, -0.1) is 0 Å². The minimum atomic E-state index is -3.61. The van der Waals surface area contributed by atoms with Crippen molar-refractivity contribution in [2.24, 2.45) is 0 Å². The molecule has 0 radical (unpaired) electrons.